The van der Waals surface area contributed by atoms with Gasteiger partial charge in [0.15, 0.2) is 11.6 Å². The molecule has 0 spiro atoms. The second-order valence-corrected chi connectivity index (χ2v) is 2.45. The van der Waals surface area contributed by atoms with Crippen molar-refractivity contribution in [2.45, 2.75) is 0 Å². The van der Waals surface area contributed by atoms with Gasteiger partial charge in [-0.1, -0.05) is 23.2 Å². The van der Waals surface area contributed by atoms with Crippen LogP contribution in [0.2, 0.25) is 0 Å². The van der Waals surface area contributed by atoms with Crippen molar-refractivity contribution in [3.8, 4) is 0 Å². The fourth-order valence-electron chi connectivity index (χ4n) is 0.514. The van der Waals surface area contributed by atoms with Gasteiger partial charge in [0.25, 0.3) is 0 Å². The standard InChI is InChI=1S/C6H2Cl2O2.2ClH/c7-5-3(9)1-2-4(10)6(5)8;;/h1-2H;2*1H. The van der Waals surface area contributed by atoms with E-state index in [1.54, 1.807) is 0 Å². The summed E-state index contributed by atoms with van der Waals surface area (Å²) < 4.78 is 0. The zero-order valence-electron chi connectivity index (χ0n) is 5.54. The molecular formula is C6H4Cl4O2. The van der Waals surface area contributed by atoms with E-state index in [2.05, 4.69) is 0 Å². The molecule has 0 N–H and O–H groups in total. The van der Waals surface area contributed by atoms with E-state index >= 15 is 0 Å². The van der Waals surface area contributed by atoms with E-state index < -0.39 is 11.6 Å². The fraction of sp³-hybridized carbons (Fsp3) is 0. The second-order valence-electron chi connectivity index (χ2n) is 1.69. The molecule has 0 radical (unpaired) electrons. The van der Waals surface area contributed by atoms with Gasteiger partial charge in [-0.25, -0.2) is 0 Å². The van der Waals surface area contributed by atoms with Crippen LogP contribution < -0.4 is 0 Å². The minimum Gasteiger partial charge on any atom is -0.288 e. The molecular weight excluding hydrogens is 246 g/mol. The highest BCUT2D eigenvalue weighted by Crippen LogP contribution is 2.20. The first kappa shape index (κ1) is 14.5. The average molecular weight is 250 g/mol. The molecule has 0 aromatic carbocycles. The van der Waals surface area contributed by atoms with Crippen LogP contribution in [0, 0.1) is 0 Å². The maximum absolute atomic E-state index is 10.6. The van der Waals surface area contributed by atoms with Gasteiger partial charge in [0.2, 0.25) is 0 Å². The monoisotopic (exact) mass is 248 g/mol. The van der Waals surface area contributed by atoms with Crippen molar-refractivity contribution >= 4 is 59.6 Å². The molecule has 2 nitrogen and oxygen atoms in total. The molecule has 0 aromatic heterocycles. The summed E-state index contributed by atoms with van der Waals surface area (Å²) in [4.78, 5) is 21.3. The van der Waals surface area contributed by atoms with Crippen LogP contribution in [0.5, 0.6) is 0 Å². The third-order valence-corrected chi connectivity index (χ3v) is 1.86. The van der Waals surface area contributed by atoms with E-state index in [4.69, 9.17) is 23.2 Å². The fourth-order valence-corrected chi connectivity index (χ4v) is 0.826. The Morgan fingerprint density at radius 3 is 1.33 bits per heavy atom. The van der Waals surface area contributed by atoms with Crippen molar-refractivity contribution in [2.24, 2.45) is 0 Å². The Labute approximate surface area is 91.4 Å². The summed E-state index contributed by atoms with van der Waals surface area (Å²) in [6.45, 7) is 0. The molecule has 1 rings (SSSR count). The molecule has 6 heteroatoms. The van der Waals surface area contributed by atoms with Gasteiger partial charge in [-0.05, 0) is 12.2 Å². The molecule has 0 amide bonds. The molecule has 0 fully saturated rings. The number of hydrogen-bond donors (Lipinski definition) is 0. The number of allylic oxidation sites excluding steroid dienone is 4. The number of rotatable bonds is 0. The topological polar surface area (TPSA) is 34.1 Å². The van der Waals surface area contributed by atoms with Crippen LogP contribution in [0.15, 0.2) is 22.2 Å². The number of carbonyl (C=O) groups is 2. The molecule has 0 heterocycles. The maximum atomic E-state index is 10.6. The van der Waals surface area contributed by atoms with Crippen molar-refractivity contribution < 1.29 is 9.59 Å². The van der Waals surface area contributed by atoms with E-state index in [0.717, 1.165) is 12.2 Å². The summed E-state index contributed by atoms with van der Waals surface area (Å²) >= 11 is 10.7. The highest BCUT2D eigenvalue weighted by atomic mass is 35.5. The van der Waals surface area contributed by atoms with E-state index in [1.807, 2.05) is 0 Å². The Morgan fingerprint density at radius 2 is 1.08 bits per heavy atom. The first-order chi connectivity index (χ1) is 4.63. The van der Waals surface area contributed by atoms with Gasteiger partial charge < -0.3 is 0 Å². The lowest BCUT2D eigenvalue weighted by Gasteiger charge is -2.00. The van der Waals surface area contributed by atoms with Gasteiger partial charge in [-0.2, -0.15) is 0 Å². The van der Waals surface area contributed by atoms with Gasteiger partial charge in [0.05, 0.1) is 0 Å². The van der Waals surface area contributed by atoms with Crippen LogP contribution in [0.3, 0.4) is 0 Å². The predicted molar refractivity (Wildman–Crippen MR) is 52.4 cm³/mol. The van der Waals surface area contributed by atoms with Crippen LogP contribution in [0.4, 0.5) is 0 Å². The summed E-state index contributed by atoms with van der Waals surface area (Å²) in [5.74, 6) is -0.850. The Morgan fingerprint density at radius 1 is 0.833 bits per heavy atom. The van der Waals surface area contributed by atoms with E-state index in [1.165, 1.54) is 0 Å². The van der Waals surface area contributed by atoms with Crippen molar-refractivity contribution in [3.05, 3.63) is 22.2 Å². The molecule has 68 valence electrons. The first-order valence-corrected chi connectivity index (χ1v) is 3.20. The Bertz CT molecular complexity index is 241. The van der Waals surface area contributed by atoms with E-state index in [0.29, 0.717) is 0 Å². The number of halogens is 4. The van der Waals surface area contributed by atoms with Gasteiger partial charge in [-0.15, -0.1) is 24.8 Å². The molecule has 0 atom stereocenters. The molecule has 0 saturated heterocycles. The predicted octanol–water partition coefficient (Wildman–Crippen LogP) is 2.23. The van der Waals surface area contributed by atoms with Crippen molar-refractivity contribution in [1.29, 1.82) is 0 Å². The summed E-state index contributed by atoms with van der Waals surface area (Å²) in [7, 11) is 0. The molecule has 0 aromatic rings. The molecule has 0 aliphatic heterocycles. The highest BCUT2D eigenvalue weighted by molar-refractivity contribution is 6.57. The summed E-state index contributed by atoms with van der Waals surface area (Å²) in [5.41, 5.74) is 0. The third kappa shape index (κ3) is 2.79. The Balaban J connectivity index is 0. The zero-order valence-corrected chi connectivity index (χ0v) is 8.69. The van der Waals surface area contributed by atoms with Crippen LogP contribution in [0.1, 0.15) is 0 Å². The SMILES string of the molecule is Cl.Cl.O=C1C=CC(=O)C(Cl)=C1Cl. The number of carbonyl (C=O) groups excluding carboxylic acids is 2. The van der Waals surface area contributed by atoms with Crippen LogP contribution in [-0.2, 0) is 9.59 Å². The number of ketones is 2. The van der Waals surface area contributed by atoms with Crippen molar-refractivity contribution in [1.82, 2.24) is 0 Å². The lowest BCUT2D eigenvalue weighted by Crippen LogP contribution is -2.07. The summed E-state index contributed by atoms with van der Waals surface area (Å²) in [6, 6.07) is 0. The average Bonchev–Trinajstić information content (AvgIpc) is 1.93. The zero-order chi connectivity index (χ0) is 7.72. The van der Waals surface area contributed by atoms with Crippen molar-refractivity contribution in [2.75, 3.05) is 0 Å². The minimum atomic E-state index is -0.425. The molecule has 0 bridgehead atoms. The lowest BCUT2D eigenvalue weighted by atomic mass is 10.2. The summed E-state index contributed by atoms with van der Waals surface area (Å²) in [5, 5.41) is -0.400. The molecule has 12 heavy (non-hydrogen) atoms. The quantitative estimate of drug-likeness (QED) is 0.617. The minimum absolute atomic E-state index is 0. The van der Waals surface area contributed by atoms with Gasteiger partial charge in [-0.3, -0.25) is 9.59 Å². The van der Waals surface area contributed by atoms with E-state index in [9.17, 15) is 9.59 Å². The van der Waals surface area contributed by atoms with Gasteiger partial charge in [0.1, 0.15) is 10.1 Å². The second kappa shape index (κ2) is 5.60. The lowest BCUT2D eigenvalue weighted by molar-refractivity contribution is -0.114. The normalized spacial score (nSPS) is 15.5. The smallest absolute Gasteiger partial charge is 0.198 e. The first-order valence-electron chi connectivity index (χ1n) is 2.45. The van der Waals surface area contributed by atoms with Crippen LogP contribution >= 0.6 is 48.0 Å². The molecule has 1 aliphatic rings. The third-order valence-electron chi connectivity index (χ3n) is 1.01. The van der Waals surface area contributed by atoms with Gasteiger partial charge >= 0.3 is 0 Å². The maximum Gasteiger partial charge on any atom is 0.198 e. The van der Waals surface area contributed by atoms with Crippen LogP contribution in [-0.4, -0.2) is 11.6 Å². The number of hydrogen-bond acceptors (Lipinski definition) is 2. The summed E-state index contributed by atoms with van der Waals surface area (Å²) in [6.07, 6.45) is 2.19. The molecule has 0 unspecified atom stereocenters. The molecule has 1 aliphatic carbocycles. The van der Waals surface area contributed by atoms with Crippen molar-refractivity contribution in [3.63, 3.8) is 0 Å². The van der Waals surface area contributed by atoms with Crippen LogP contribution in [0.25, 0.3) is 0 Å². The Kier molecular flexibility index (Phi) is 6.76. The molecule has 0 saturated carbocycles. The van der Waals surface area contributed by atoms with E-state index in [-0.39, 0.29) is 34.9 Å². The highest BCUT2D eigenvalue weighted by Gasteiger charge is 2.18. The van der Waals surface area contributed by atoms with Gasteiger partial charge in [0, 0.05) is 0 Å². The largest absolute Gasteiger partial charge is 0.288 e. The Hall–Kier alpha value is -0.0200.